The summed E-state index contributed by atoms with van der Waals surface area (Å²) in [6, 6.07) is 10.8. The zero-order valence-electron chi connectivity index (χ0n) is 12.6. The van der Waals surface area contributed by atoms with Crippen molar-refractivity contribution in [2.24, 2.45) is 0 Å². The lowest BCUT2D eigenvalue weighted by Gasteiger charge is -2.15. The Morgan fingerprint density at radius 2 is 1.95 bits per heavy atom. The lowest BCUT2D eigenvalue weighted by Crippen LogP contribution is -2.13. The molecule has 4 heteroatoms. The summed E-state index contributed by atoms with van der Waals surface area (Å²) < 4.78 is 7.66. The van der Waals surface area contributed by atoms with E-state index < -0.39 is 0 Å². The molecule has 1 saturated carbocycles. The third-order valence-corrected chi connectivity index (χ3v) is 4.06. The first-order valence-electron chi connectivity index (χ1n) is 7.86. The Bertz CT molecular complexity index is 556. The van der Waals surface area contributed by atoms with E-state index in [0.29, 0.717) is 12.6 Å². The van der Waals surface area contributed by atoms with Crippen LogP contribution in [0.15, 0.2) is 36.5 Å². The molecule has 1 heterocycles. The number of aromatic nitrogens is 2. The average Bonchev–Trinajstić information content (AvgIpc) is 3.18. The molecule has 1 N–H and O–H groups in total. The van der Waals surface area contributed by atoms with Gasteiger partial charge in [0, 0.05) is 11.9 Å². The van der Waals surface area contributed by atoms with Crippen molar-refractivity contribution in [2.75, 3.05) is 11.9 Å². The van der Waals surface area contributed by atoms with E-state index in [2.05, 4.69) is 33.3 Å². The van der Waals surface area contributed by atoms with Crippen molar-refractivity contribution in [2.45, 2.75) is 45.2 Å². The molecule has 1 aromatic carbocycles. The van der Waals surface area contributed by atoms with Crippen molar-refractivity contribution in [3.63, 3.8) is 0 Å². The maximum atomic E-state index is 5.46. The summed E-state index contributed by atoms with van der Waals surface area (Å²) in [7, 11) is 0. The highest BCUT2D eigenvalue weighted by atomic mass is 16.5. The fourth-order valence-electron chi connectivity index (χ4n) is 2.99. The first-order chi connectivity index (χ1) is 10.4. The van der Waals surface area contributed by atoms with Crippen LogP contribution in [0.25, 0.3) is 0 Å². The number of nitrogens with one attached hydrogen (secondary N) is 1. The quantitative estimate of drug-likeness (QED) is 0.871. The Morgan fingerprint density at radius 3 is 2.67 bits per heavy atom. The van der Waals surface area contributed by atoms with Crippen LogP contribution in [0.2, 0.25) is 0 Å². The minimum atomic E-state index is 0.595. The molecule has 0 spiro atoms. The summed E-state index contributed by atoms with van der Waals surface area (Å²) in [5, 5.41) is 7.97. The fraction of sp³-hybridized carbons (Fsp3) is 0.471. The van der Waals surface area contributed by atoms with Crippen molar-refractivity contribution in [1.82, 2.24) is 9.78 Å². The van der Waals surface area contributed by atoms with E-state index in [4.69, 9.17) is 4.74 Å². The van der Waals surface area contributed by atoms with Crippen LogP contribution < -0.4 is 10.1 Å². The van der Waals surface area contributed by atoms with E-state index in [0.717, 1.165) is 18.0 Å². The minimum Gasteiger partial charge on any atom is -0.494 e. The molecular formula is C17H23N3O. The van der Waals surface area contributed by atoms with Crippen LogP contribution >= 0.6 is 0 Å². The van der Waals surface area contributed by atoms with Crippen LogP contribution in [-0.4, -0.2) is 16.4 Å². The first-order valence-corrected chi connectivity index (χ1v) is 7.86. The molecule has 1 fully saturated rings. The van der Waals surface area contributed by atoms with E-state index in [1.165, 1.54) is 31.4 Å². The number of nitrogens with zero attached hydrogens (tertiary/aromatic N) is 2. The molecule has 1 aliphatic carbocycles. The molecule has 0 atom stereocenters. The fourth-order valence-corrected chi connectivity index (χ4v) is 2.99. The second-order valence-corrected chi connectivity index (χ2v) is 5.52. The Hall–Kier alpha value is -1.97. The number of anilines is 1. The van der Waals surface area contributed by atoms with E-state index in [1.807, 2.05) is 25.3 Å². The molecule has 0 radical (unpaired) electrons. The van der Waals surface area contributed by atoms with Crippen molar-refractivity contribution in [1.29, 1.82) is 0 Å². The summed E-state index contributed by atoms with van der Waals surface area (Å²) >= 11 is 0. The topological polar surface area (TPSA) is 39.1 Å². The number of hydrogen-bond donors (Lipinski definition) is 1. The highest BCUT2D eigenvalue weighted by Gasteiger charge is 2.19. The molecule has 21 heavy (non-hydrogen) atoms. The highest BCUT2D eigenvalue weighted by Crippen LogP contribution is 2.30. The van der Waals surface area contributed by atoms with E-state index >= 15 is 0 Å². The van der Waals surface area contributed by atoms with Gasteiger partial charge in [0.1, 0.15) is 5.75 Å². The first kappa shape index (κ1) is 14.0. The van der Waals surface area contributed by atoms with Gasteiger partial charge in [-0.25, -0.2) is 0 Å². The average molecular weight is 285 g/mol. The predicted octanol–water partition coefficient (Wildman–Crippen LogP) is 4.01. The smallest absolute Gasteiger partial charge is 0.119 e. The van der Waals surface area contributed by atoms with Gasteiger partial charge >= 0.3 is 0 Å². The maximum Gasteiger partial charge on any atom is 0.119 e. The molecule has 0 aliphatic heterocycles. The second-order valence-electron chi connectivity index (χ2n) is 5.52. The molecule has 1 aliphatic rings. The minimum absolute atomic E-state index is 0.595. The van der Waals surface area contributed by atoms with Crippen molar-refractivity contribution < 1.29 is 4.74 Å². The lowest BCUT2D eigenvalue weighted by molar-refractivity contribution is 0.340. The van der Waals surface area contributed by atoms with Crippen LogP contribution in [0.5, 0.6) is 5.75 Å². The Kier molecular flexibility index (Phi) is 4.43. The van der Waals surface area contributed by atoms with Crippen LogP contribution in [0.1, 0.15) is 44.3 Å². The van der Waals surface area contributed by atoms with Gasteiger partial charge in [0.2, 0.25) is 0 Å². The molecule has 0 bridgehead atoms. The van der Waals surface area contributed by atoms with Crippen LogP contribution in [-0.2, 0) is 6.54 Å². The standard InChI is InChI=1S/C17H23N3O/c1-2-21-17-9-7-14(8-10-17)18-13-16-11-12-19-20(16)15-5-3-4-6-15/h7-12,15,18H,2-6,13H2,1H3. The predicted molar refractivity (Wildman–Crippen MR) is 84.7 cm³/mol. The molecule has 0 saturated heterocycles. The van der Waals surface area contributed by atoms with Crippen molar-refractivity contribution in [3.8, 4) is 5.75 Å². The summed E-state index contributed by atoms with van der Waals surface area (Å²) in [6.07, 6.45) is 7.09. The zero-order chi connectivity index (χ0) is 14.5. The molecule has 112 valence electrons. The van der Waals surface area contributed by atoms with E-state index in [1.54, 1.807) is 0 Å². The van der Waals surface area contributed by atoms with Crippen LogP contribution in [0.3, 0.4) is 0 Å². The SMILES string of the molecule is CCOc1ccc(NCc2ccnn2C2CCCC2)cc1. The maximum absolute atomic E-state index is 5.46. The van der Waals surface area contributed by atoms with Gasteiger partial charge in [0.05, 0.1) is 24.9 Å². The van der Waals surface area contributed by atoms with Crippen LogP contribution in [0, 0.1) is 0 Å². The molecule has 3 rings (SSSR count). The van der Waals surface area contributed by atoms with Gasteiger partial charge in [-0.15, -0.1) is 0 Å². The molecule has 0 amide bonds. The van der Waals surface area contributed by atoms with Gasteiger partial charge in [-0.3, -0.25) is 4.68 Å². The van der Waals surface area contributed by atoms with Crippen molar-refractivity contribution >= 4 is 5.69 Å². The normalized spacial score (nSPS) is 15.3. The number of hydrogen-bond acceptors (Lipinski definition) is 3. The van der Waals surface area contributed by atoms with Gasteiger partial charge in [-0.1, -0.05) is 12.8 Å². The lowest BCUT2D eigenvalue weighted by atomic mass is 10.2. The zero-order valence-corrected chi connectivity index (χ0v) is 12.6. The van der Waals surface area contributed by atoms with Gasteiger partial charge in [0.25, 0.3) is 0 Å². The third-order valence-electron chi connectivity index (χ3n) is 4.06. The second kappa shape index (κ2) is 6.66. The Morgan fingerprint density at radius 1 is 1.19 bits per heavy atom. The monoisotopic (exact) mass is 285 g/mol. The molecule has 1 aromatic heterocycles. The van der Waals surface area contributed by atoms with Crippen LogP contribution in [0.4, 0.5) is 5.69 Å². The largest absolute Gasteiger partial charge is 0.494 e. The molecular weight excluding hydrogens is 262 g/mol. The Labute approximate surface area is 126 Å². The molecule has 0 unspecified atom stereocenters. The summed E-state index contributed by atoms with van der Waals surface area (Å²) in [5.74, 6) is 0.916. The molecule has 2 aromatic rings. The summed E-state index contributed by atoms with van der Waals surface area (Å²) in [4.78, 5) is 0. The van der Waals surface area contributed by atoms with E-state index in [-0.39, 0.29) is 0 Å². The summed E-state index contributed by atoms with van der Waals surface area (Å²) in [6.45, 7) is 3.51. The highest BCUT2D eigenvalue weighted by molar-refractivity contribution is 5.46. The van der Waals surface area contributed by atoms with Gasteiger partial charge in [-0.2, -0.15) is 5.10 Å². The van der Waals surface area contributed by atoms with Gasteiger partial charge in [0.15, 0.2) is 0 Å². The third kappa shape index (κ3) is 3.38. The Balaban J connectivity index is 1.61. The number of rotatable bonds is 6. The number of benzene rings is 1. The number of ether oxygens (including phenoxy) is 1. The molecule has 4 nitrogen and oxygen atoms in total. The van der Waals surface area contributed by atoms with E-state index in [9.17, 15) is 0 Å². The van der Waals surface area contributed by atoms with Crippen molar-refractivity contribution in [3.05, 3.63) is 42.2 Å². The van der Waals surface area contributed by atoms with Gasteiger partial charge in [-0.05, 0) is 50.1 Å². The summed E-state index contributed by atoms with van der Waals surface area (Å²) in [5.41, 5.74) is 2.37. The van der Waals surface area contributed by atoms with Gasteiger partial charge < -0.3 is 10.1 Å².